The normalized spacial score (nSPS) is 27.9. The summed E-state index contributed by atoms with van der Waals surface area (Å²) in [5.74, 6) is 1.01. The largest absolute Gasteiger partial charge is 0.315 e. The molecule has 1 fully saturated rings. The molecule has 0 unspecified atom stereocenters. The van der Waals surface area contributed by atoms with Crippen LogP contribution >= 0.6 is 0 Å². The topological polar surface area (TPSA) is 20.3 Å². The van der Waals surface area contributed by atoms with E-state index < -0.39 is 0 Å². The smallest absolute Gasteiger partial charge is 0.230 e. The molecule has 0 spiro atoms. The van der Waals surface area contributed by atoms with E-state index in [2.05, 4.69) is 18.2 Å². The van der Waals surface area contributed by atoms with Crippen molar-refractivity contribution in [2.75, 3.05) is 7.05 Å². The Morgan fingerprint density at radius 1 is 1.18 bits per heavy atom. The van der Waals surface area contributed by atoms with E-state index in [9.17, 15) is 4.79 Å². The molecule has 2 aliphatic rings. The third kappa shape index (κ3) is 1.68. The monoisotopic (exact) mass is 227 g/mol. The molecule has 2 atom stereocenters. The van der Waals surface area contributed by atoms with E-state index in [4.69, 9.17) is 0 Å². The highest BCUT2D eigenvalue weighted by molar-refractivity contribution is 5.91. The number of benzene rings is 1. The summed E-state index contributed by atoms with van der Waals surface area (Å²) in [7, 11) is 1.90. The van der Waals surface area contributed by atoms with Crippen molar-refractivity contribution < 1.29 is 4.79 Å². The van der Waals surface area contributed by atoms with Crippen LogP contribution in [0.4, 0.5) is 0 Å². The number of hydrogen-bond acceptors (Lipinski definition) is 1. The number of nitrogens with zero attached hydrogens (tertiary/aromatic N) is 1. The summed E-state index contributed by atoms with van der Waals surface area (Å²) in [6, 6.07) is 10.2. The zero-order valence-corrected chi connectivity index (χ0v) is 10.1. The van der Waals surface area contributed by atoms with Gasteiger partial charge in [0.1, 0.15) is 0 Å². The van der Waals surface area contributed by atoms with Crippen LogP contribution in [0, 0.1) is 11.8 Å². The molecule has 0 N–H and O–H groups in total. The average molecular weight is 227 g/mol. The highest BCUT2D eigenvalue weighted by atomic mass is 16.2. The van der Waals surface area contributed by atoms with Crippen molar-refractivity contribution in [1.82, 2.24) is 4.90 Å². The van der Waals surface area contributed by atoms with Gasteiger partial charge in [0.15, 0.2) is 0 Å². The van der Waals surface area contributed by atoms with Gasteiger partial charge in [0.05, 0.1) is 0 Å². The Kier molecular flexibility index (Phi) is 2.50. The maximum Gasteiger partial charge on any atom is 0.230 e. The van der Waals surface area contributed by atoms with Gasteiger partial charge in [-0.05, 0) is 24.3 Å². The molecule has 1 aliphatic heterocycles. The highest BCUT2D eigenvalue weighted by Crippen LogP contribution is 2.40. The maximum absolute atomic E-state index is 12.3. The third-order valence-corrected chi connectivity index (χ3v) is 4.02. The standard InChI is InChI=1S/C15H17NO/c1-16-14(11-6-3-2-4-7-11)10-12-8-5-9-13(12)15(16)17/h2-4,6-7,10,12-13H,5,8-9H2,1H3/t12-,13-/m1/s1. The van der Waals surface area contributed by atoms with Crippen LogP contribution < -0.4 is 0 Å². The molecule has 2 nitrogen and oxygen atoms in total. The van der Waals surface area contributed by atoms with E-state index in [1.807, 2.05) is 30.1 Å². The highest BCUT2D eigenvalue weighted by Gasteiger charge is 2.38. The lowest BCUT2D eigenvalue weighted by Gasteiger charge is -2.32. The molecule has 0 saturated heterocycles. The van der Waals surface area contributed by atoms with Gasteiger partial charge in [-0.3, -0.25) is 4.79 Å². The minimum Gasteiger partial charge on any atom is -0.315 e. The van der Waals surface area contributed by atoms with Crippen LogP contribution in [-0.4, -0.2) is 17.9 Å². The molecule has 3 rings (SSSR count). The zero-order valence-electron chi connectivity index (χ0n) is 10.1. The second-order valence-electron chi connectivity index (χ2n) is 5.02. The maximum atomic E-state index is 12.3. The third-order valence-electron chi connectivity index (χ3n) is 4.02. The minimum atomic E-state index is 0.243. The van der Waals surface area contributed by atoms with E-state index in [0.717, 1.165) is 17.7 Å². The molecule has 1 aliphatic carbocycles. The van der Waals surface area contributed by atoms with Crippen molar-refractivity contribution in [1.29, 1.82) is 0 Å². The fraction of sp³-hybridized carbons (Fsp3) is 0.400. The average Bonchev–Trinajstić information content (AvgIpc) is 2.83. The van der Waals surface area contributed by atoms with E-state index in [1.165, 1.54) is 12.8 Å². The predicted octanol–water partition coefficient (Wildman–Crippen LogP) is 2.92. The summed E-state index contributed by atoms with van der Waals surface area (Å²) in [4.78, 5) is 14.1. The molecular formula is C15H17NO. The Balaban J connectivity index is 2.02. The summed E-state index contributed by atoms with van der Waals surface area (Å²) >= 11 is 0. The zero-order chi connectivity index (χ0) is 11.8. The van der Waals surface area contributed by atoms with E-state index in [1.54, 1.807) is 0 Å². The van der Waals surface area contributed by atoms with Gasteiger partial charge >= 0.3 is 0 Å². The van der Waals surface area contributed by atoms with Gasteiger partial charge in [0, 0.05) is 18.7 Å². The molecule has 1 aromatic carbocycles. The summed E-state index contributed by atoms with van der Waals surface area (Å²) < 4.78 is 0. The Morgan fingerprint density at radius 2 is 1.94 bits per heavy atom. The summed E-state index contributed by atoms with van der Waals surface area (Å²) in [6.45, 7) is 0. The van der Waals surface area contributed by atoms with Gasteiger partial charge in [-0.15, -0.1) is 0 Å². The van der Waals surface area contributed by atoms with Crippen LogP contribution in [0.25, 0.3) is 5.70 Å². The first-order chi connectivity index (χ1) is 8.27. The molecule has 0 radical (unpaired) electrons. The number of amides is 1. The van der Waals surface area contributed by atoms with Crippen LogP contribution in [0.3, 0.4) is 0 Å². The SMILES string of the molecule is CN1C(=O)[C@@H]2CCC[C@@H]2C=C1c1ccccc1. The van der Waals surface area contributed by atoms with Gasteiger partial charge in [0.2, 0.25) is 5.91 Å². The van der Waals surface area contributed by atoms with Gasteiger partial charge in [-0.1, -0.05) is 42.8 Å². The Labute approximate surface area is 102 Å². The molecule has 17 heavy (non-hydrogen) atoms. The lowest BCUT2D eigenvalue weighted by Crippen LogP contribution is -2.37. The first kappa shape index (κ1) is 10.6. The van der Waals surface area contributed by atoms with E-state index in [-0.39, 0.29) is 5.92 Å². The molecule has 2 heteroatoms. The van der Waals surface area contributed by atoms with Gasteiger partial charge in [-0.25, -0.2) is 0 Å². The number of allylic oxidation sites excluding steroid dienone is 1. The van der Waals surface area contributed by atoms with Gasteiger partial charge in [-0.2, -0.15) is 0 Å². The fourth-order valence-corrected chi connectivity index (χ4v) is 3.08. The van der Waals surface area contributed by atoms with Crippen molar-refractivity contribution in [2.24, 2.45) is 11.8 Å². The van der Waals surface area contributed by atoms with Crippen LogP contribution in [0.1, 0.15) is 24.8 Å². The van der Waals surface area contributed by atoms with Crippen molar-refractivity contribution in [2.45, 2.75) is 19.3 Å². The second kappa shape index (κ2) is 4.02. The molecule has 1 saturated carbocycles. The van der Waals surface area contributed by atoms with Gasteiger partial charge < -0.3 is 4.90 Å². The number of fused-ring (bicyclic) bond motifs is 1. The van der Waals surface area contributed by atoms with Crippen molar-refractivity contribution in [3.05, 3.63) is 42.0 Å². The number of hydrogen-bond donors (Lipinski definition) is 0. The minimum absolute atomic E-state index is 0.243. The number of rotatable bonds is 1. The van der Waals surface area contributed by atoms with Crippen molar-refractivity contribution in [3.8, 4) is 0 Å². The molecule has 88 valence electrons. The van der Waals surface area contributed by atoms with Crippen LogP contribution in [0.15, 0.2) is 36.4 Å². The first-order valence-electron chi connectivity index (χ1n) is 6.32. The van der Waals surface area contributed by atoms with Crippen LogP contribution in [-0.2, 0) is 4.79 Å². The molecule has 0 aromatic heterocycles. The Hall–Kier alpha value is -1.57. The lowest BCUT2D eigenvalue weighted by molar-refractivity contribution is -0.132. The number of carbonyl (C=O) groups excluding carboxylic acids is 1. The summed E-state index contributed by atoms with van der Waals surface area (Å²) in [5.41, 5.74) is 2.23. The van der Waals surface area contributed by atoms with Crippen LogP contribution in [0.2, 0.25) is 0 Å². The fourth-order valence-electron chi connectivity index (χ4n) is 3.08. The van der Waals surface area contributed by atoms with Crippen molar-refractivity contribution >= 4 is 11.6 Å². The second-order valence-corrected chi connectivity index (χ2v) is 5.02. The molecule has 1 aromatic rings. The lowest BCUT2D eigenvalue weighted by atomic mass is 9.88. The first-order valence-corrected chi connectivity index (χ1v) is 6.32. The molecule has 0 bridgehead atoms. The summed E-state index contributed by atoms with van der Waals surface area (Å²) in [5, 5.41) is 0. The quantitative estimate of drug-likeness (QED) is 0.722. The number of carbonyl (C=O) groups is 1. The van der Waals surface area contributed by atoms with E-state index >= 15 is 0 Å². The van der Waals surface area contributed by atoms with Gasteiger partial charge in [0.25, 0.3) is 0 Å². The molecule has 1 amide bonds. The summed E-state index contributed by atoms with van der Waals surface area (Å²) in [6.07, 6.45) is 5.72. The predicted molar refractivity (Wildman–Crippen MR) is 68.0 cm³/mol. The van der Waals surface area contributed by atoms with Crippen LogP contribution in [0.5, 0.6) is 0 Å². The van der Waals surface area contributed by atoms with E-state index in [0.29, 0.717) is 11.8 Å². The molecular weight excluding hydrogens is 210 g/mol. The Morgan fingerprint density at radius 3 is 2.71 bits per heavy atom. The van der Waals surface area contributed by atoms with Crippen molar-refractivity contribution in [3.63, 3.8) is 0 Å². The Bertz CT molecular complexity index is 463. The molecule has 1 heterocycles.